The Morgan fingerprint density at radius 1 is 1.21 bits per heavy atom. The van der Waals surface area contributed by atoms with Crippen LogP contribution in [0.2, 0.25) is 0 Å². The van der Waals surface area contributed by atoms with Crippen LogP contribution in [0.4, 0.5) is 11.4 Å². The highest BCUT2D eigenvalue weighted by Gasteiger charge is 2.15. The third-order valence-corrected chi connectivity index (χ3v) is 4.26. The van der Waals surface area contributed by atoms with Crippen LogP contribution in [0, 0.1) is 5.41 Å². The molecule has 0 aliphatic rings. The minimum absolute atomic E-state index is 0. The molecule has 28 heavy (non-hydrogen) atoms. The zero-order valence-electron chi connectivity index (χ0n) is 15.8. The van der Waals surface area contributed by atoms with E-state index in [9.17, 15) is 4.79 Å². The fraction of sp³-hybridized carbons (Fsp3) is 0.190. The summed E-state index contributed by atoms with van der Waals surface area (Å²) in [7, 11) is 0. The maximum Gasteiger partial charge on any atom is 0.274 e. The van der Waals surface area contributed by atoms with Crippen LogP contribution in [0.3, 0.4) is 0 Å². The number of hydrogen-bond acceptors (Lipinski definition) is 5. The van der Waals surface area contributed by atoms with Crippen LogP contribution < -0.4 is 16.4 Å². The molecule has 0 bridgehead atoms. The van der Waals surface area contributed by atoms with Gasteiger partial charge in [-0.05, 0) is 23.7 Å². The van der Waals surface area contributed by atoms with Crippen molar-refractivity contribution in [3.05, 3.63) is 77.6 Å². The minimum atomic E-state index is -0.523. The number of nitrogens with zero attached hydrogens (tertiary/aromatic N) is 2. The molecule has 0 saturated carbocycles. The number of para-hydroxylation sites is 1. The Hall–Kier alpha value is -3.45. The van der Waals surface area contributed by atoms with Crippen molar-refractivity contribution in [3.63, 3.8) is 0 Å². The number of carbonyl (C=O) groups excluding carboxylic acids is 1. The molecule has 0 atom stereocenters. The number of carbonyl (C=O) groups is 1. The van der Waals surface area contributed by atoms with Crippen LogP contribution in [0.5, 0.6) is 0 Å². The average molecular weight is 383 g/mol. The molecule has 150 valence electrons. The van der Waals surface area contributed by atoms with Crippen LogP contribution in [0.1, 0.15) is 27.9 Å². The van der Waals surface area contributed by atoms with Crippen LogP contribution in [0.25, 0.3) is 0 Å². The molecule has 1 heterocycles. The summed E-state index contributed by atoms with van der Waals surface area (Å²) in [6, 6.07) is 15.1. The Labute approximate surface area is 168 Å². The molecule has 3 aromatic rings. The Morgan fingerprint density at radius 3 is 2.79 bits per heavy atom. The van der Waals surface area contributed by atoms with Crippen LogP contribution in [-0.2, 0) is 17.9 Å². The lowest BCUT2D eigenvalue weighted by Gasteiger charge is -2.07. The Balaban J connectivity index is 0.00000300. The molecule has 1 aromatic heterocycles. The summed E-state index contributed by atoms with van der Waals surface area (Å²) in [6.45, 7) is 4.43. The van der Waals surface area contributed by atoms with Crippen molar-refractivity contribution < 1.29 is 9.07 Å². The van der Waals surface area contributed by atoms with Crippen molar-refractivity contribution in [2.75, 3.05) is 17.6 Å². The summed E-state index contributed by atoms with van der Waals surface area (Å²) in [5.41, 5.74) is 9.35. The molecular weight excluding hydrogens is 352 g/mol. The molecule has 0 unspecified atom stereocenters. The number of nitrogens with one attached hydrogen (secondary N) is 3. The minimum Gasteiger partial charge on any atom is -0.398 e. The highest BCUT2D eigenvalue weighted by molar-refractivity contribution is 6.48. The summed E-state index contributed by atoms with van der Waals surface area (Å²) in [5.74, 6) is -0.523. The maximum absolute atomic E-state index is 12.3. The molecule has 0 aliphatic carbocycles. The molecule has 7 heteroatoms. The van der Waals surface area contributed by atoms with E-state index in [4.69, 9.17) is 11.1 Å². The van der Waals surface area contributed by atoms with Gasteiger partial charge in [-0.1, -0.05) is 49.4 Å². The van der Waals surface area contributed by atoms with Gasteiger partial charge in [0.15, 0.2) is 0 Å². The molecule has 7 nitrogen and oxygen atoms in total. The van der Waals surface area contributed by atoms with Gasteiger partial charge >= 0.3 is 0 Å². The molecule has 0 radical (unpaired) electrons. The average Bonchev–Trinajstić information content (AvgIpc) is 3.13. The van der Waals surface area contributed by atoms with Crippen LogP contribution in [0.15, 0.2) is 60.9 Å². The number of rotatable bonds is 8. The summed E-state index contributed by atoms with van der Waals surface area (Å²) < 4.78 is 1.75. The van der Waals surface area contributed by atoms with Crippen molar-refractivity contribution in [2.24, 2.45) is 0 Å². The number of anilines is 2. The lowest BCUT2D eigenvalue weighted by Crippen LogP contribution is -2.23. The van der Waals surface area contributed by atoms with Gasteiger partial charge in [-0.3, -0.25) is 14.9 Å². The largest absolute Gasteiger partial charge is 0.398 e. The Bertz CT molecular complexity index is 993. The number of nitrogens with two attached hydrogens (primary N) is 1. The van der Waals surface area contributed by atoms with Gasteiger partial charge < -0.3 is 16.4 Å². The second-order valence-corrected chi connectivity index (χ2v) is 6.44. The zero-order chi connectivity index (χ0) is 19.9. The van der Waals surface area contributed by atoms with E-state index < -0.39 is 5.91 Å². The second-order valence-electron chi connectivity index (χ2n) is 6.44. The first kappa shape index (κ1) is 19.3. The molecule has 1 amide bonds. The van der Waals surface area contributed by atoms with Crippen molar-refractivity contribution in [3.8, 4) is 0 Å². The van der Waals surface area contributed by atoms with Gasteiger partial charge in [-0.15, -0.1) is 0 Å². The molecular formula is C21H30N6O. The van der Waals surface area contributed by atoms with Crippen molar-refractivity contribution in [1.82, 2.24) is 15.1 Å². The third kappa shape index (κ3) is 4.83. The smallest absolute Gasteiger partial charge is 0.274 e. The van der Waals surface area contributed by atoms with Gasteiger partial charge in [0.2, 0.25) is 0 Å². The Morgan fingerprint density at radius 2 is 2.00 bits per heavy atom. The second kappa shape index (κ2) is 8.96. The summed E-state index contributed by atoms with van der Waals surface area (Å²) >= 11 is 0. The van der Waals surface area contributed by atoms with E-state index in [1.165, 1.54) is 5.56 Å². The van der Waals surface area contributed by atoms with Gasteiger partial charge in [0.25, 0.3) is 5.91 Å². The van der Waals surface area contributed by atoms with Gasteiger partial charge in [0.1, 0.15) is 5.71 Å². The topological polar surface area (TPSA) is 109 Å². The first-order valence-electron chi connectivity index (χ1n) is 9.12. The van der Waals surface area contributed by atoms with Crippen molar-refractivity contribution in [1.29, 1.82) is 5.41 Å². The zero-order valence-corrected chi connectivity index (χ0v) is 15.8. The lowest BCUT2D eigenvalue weighted by molar-refractivity contribution is -0.110. The van der Waals surface area contributed by atoms with Gasteiger partial charge in [-0.25, -0.2) is 0 Å². The van der Waals surface area contributed by atoms with E-state index in [2.05, 4.69) is 34.8 Å². The summed E-state index contributed by atoms with van der Waals surface area (Å²) in [6.07, 6.45) is 3.32. The van der Waals surface area contributed by atoms with E-state index in [-0.39, 0.29) is 9.99 Å². The van der Waals surface area contributed by atoms with Gasteiger partial charge in [0.05, 0.1) is 18.4 Å². The summed E-state index contributed by atoms with van der Waals surface area (Å²) in [4.78, 5) is 12.3. The van der Waals surface area contributed by atoms with E-state index in [1.807, 2.05) is 12.1 Å². The molecule has 0 saturated heterocycles. The number of benzene rings is 2. The SMILES string of the molecule is CCNCc1cccc(Cn2cc(NC(=O)C(=N)c3ccccc3N)cn2)c1.[HH].[HH].[HH]. The molecule has 2 aromatic carbocycles. The number of amides is 1. The highest BCUT2D eigenvalue weighted by Crippen LogP contribution is 2.14. The maximum atomic E-state index is 12.3. The predicted octanol–water partition coefficient (Wildman–Crippen LogP) is 3.37. The van der Waals surface area contributed by atoms with Gasteiger partial charge in [-0.2, -0.15) is 5.10 Å². The first-order valence-corrected chi connectivity index (χ1v) is 9.12. The standard InChI is InChI=1S/C21H24N6O.3H2/c1-2-24-11-15-6-5-7-16(10-15)13-27-14-17(12-25-27)26-21(28)20(23)18-8-3-4-9-19(18)22;;;/h3-10,12,14,23-24H,2,11,13,22H2,1H3,(H,26,28);3*1H. The number of hydrogen-bond donors (Lipinski definition) is 4. The fourth-order valence-electron chi connectivity index (χ4n) is 2.85. The molecule has 3 rings (SSSR count). The summed E-state index contributed by atoms with van der Waals surface area (Å²) in [5, 5.41) is 18.4. The van der Waals surface area contributed by atoms with Crippen LogP contribution in [-0.4, -0.2) is 27.9 Å². The highest BCUT2D eigenvalue weighted by atomic mass is 16.1. The molecule has 0 aliphatic heterocycles. The van der Waals surface area contributed by atoms with E-state index >= 15 is 0 Å². The quantitative estimate of drug-likeness (QED) is 0.354. The van der Waals surface area contributed by atoms with Crippen LogP contribution >= 0.6 is 0 Å². The predicted molar refractivity (Wildman–Crippen MR) is 118 cm³/mol. The molecule has 0 fully saturated rings. The number of aromatic nitrogens is 2. The van der Waals surface area contributed by atoms with Crippen molar-refractivity contribution >= 4 is 23.0 Å². The fourth-order valence-corrected chi connectivity index (χ4v) is 2.85. The monoisotopic (exact) mass is 382 g/mol. The van der Waals surface area contributed by atoms with Gasteiger partial charge in [0, 0.05) is 28.3 Å². The van der Waals surface area contributed by atoms with E-state index in [0.717, 1.165) is 18.7 Å². The molecule has 5 N–H and O–H groups in total. The normalized spacial score (nSPS) is 10.6. The van der Waals surface area contributed by atoms with E-state index in [1.54, 1.807) is 41.3 Å². The molecule has 0 spiro atoms. The van der Waals surface area contributed by atoms with Crippen molar-refractivity contribution in [2.45, 2.75) is 20.0 Å². The van der Waals surface area contributed by atoms with E-state index in [0.29, 0.717) is 23.5 Å². The first-order chi connectivity index (χ1) is 13.6. The third-order valence-electron chi connectivity index (χ3n) is 4.26. The number of nitrogen functional groups attached to an aromatic ring is 1. The Kier molecular flexibility index (Phi) is 6.18. The lowest BCUT2D eigenvalue weighted by atomic mass is 10.1.